The molecule has 0 spiro atoms. The number of nitrogens with zero attached hydrogens (tertiary/aromatic N) is 1. The number of rotatable bonds is 11. The summed E-state index contributed by atoms with van der Waals surface area (Å²) in [5, 5.41) is 17.5. The van der Waals surface area contributed by atoms with E-state index in [0.717, 1.165) is 6.42 Å². The SMILES string of the molecule is CSCCC(NC(=O)C1CCCN1C(=O)C(CC(N)=O)NC(=O)C1CCCN1)C(=O)O. The van der Waals surface area contributed by atoms with Crippen LogP contribution in [-0.4, -0.2) is 88.9 Å². The average molecular weight is 458 g/mol. The highest BCUT2D eigenvalue weighted by Crippen LogP contribution is 2.20. The van der Waals surface area contributed by atoms with Gasteiger partial charge in [0.05, 0.1) is 12.5 Å². The lowest BCUT2D eigenvalue weighted by Gasteiger charge is -2.29. The van der Waals surface area contributed by atoms with Crippen molar-refractivity contribution in [1.82, 2.24) is 20.9 Å². The van der Waals surface area contributed by atoms with Crippen molar-refractivity contribution in [1.29, 1.82) is 0 Å². The quantitative estimate of drug-likeness (QED) is 0.247. The van der Waals surface area contributed by atoms with Crippen LogP contribution in [0, 0.1) is 0 Å². The highest BCUT2D eigenvalue weighted by Gasteiger charge is 2.39. The second-order valence-electron chi connectivity index (χ2n) is 7.75. The number of nitrogens with two attached hydrogens (primary N) is 1. The number of carbonyl (C=O) groups excluding carboxylic acids is 4. The van der Waals surface area contributed by atoms with Crippen LogP contribution >= 0.6 is 11.8 Å². The molecule has 0 aliphatic carbocycles. The Balaban J connectivity index is 2.07. The summed E-state index contributed by atoms with van der Waals surface area (Å²) in [6.07, 6.45) is 4.10. The lowest BCUT2D eigenvalue weighted by atomic mass is 10.1. The van der Waals surface area contributed by atoms with Gasteiger partial charge in [-0.05, 0) is 50.7 Å². The Morgan fingerprint density at radius 1 is 1.13 bits per heavy atom. The van der Waals surface area contributed by atoms with E-state index in [1.165, 1.54) is 16.7 Å². The van der Waals surface area contributed by atoms with E-state index in [9.17, 15) is 29.1 Å². The largest absolute Gasteiger partial charge is 0.480 e. The molecule has 4 unspecified atom stereocenters. The lowest BCUT2D eigenvalue weighted by molar-refractivity contribution is -0.145. The molecule has 0 radical (unpaired) electrons. The number of hydrogen-bond donors (Lipinski definition) is 5. The number of hydrogen-bond acceptors (Lipinski definition) is 7. The molecule has 11 nitrogen and oxygen atoms in total. The topological polar surface area (TPSA) is 171 Å². The molecule has 2 heterocycles. The maximum absolute atomic E-state index is 13.1. The molecule has 2 aliphatic rings. The number of carboxylic acid groups (broad SMARTS) is 1. The molecule has 0 aromatic rings. The van der Waals surface area contributed by atoms with E-state index in [4.69, 9.17) is 5.73 Å². The molecule has 31 heavy (non-hydrogen) atoms. The van der Waals surface area contributed by atoms with Crippen LogP contribution in [0.15, 0.2) is 0 Å². The van der Waals surface area contributed by atoms with Gasteiger partial charge >= 0.3 is 5.97 Å². The number of aliphatic carboxylic acids is 1. The van der Waals surface area contributed by atoms with Gasteiger partial charge in [-0.15, -0.1) is 0 Å². The fraction of sp³-hybridized carbons (Fsp3) is 0.737. The van der Waals surface area contributed by atoms with Crippen molar-refractivity contribution in [2.24, 2.45) is 5.73 Å². The fourth-order valence-corrected chi connectivity index (χ4v) is 4.32. The first-order chi connectivity index (χ1) is 14.7. The van der Waals surface area contributed by atoms with Crippen LogP contribution in [0.4, 0.5) is 0 Å². The van der Waals surface area contributed by atoms with E-state index in [1.54, 1.807) is 0 Å². The van der Waals surface area contributed by atoms with E-state index >= 15 is 0 Å². The van der Waals surface area contributed by atoms with Gasteiger partial charge in [-0.1, -0.05) is 0 Å². The summed E-state index contributed by atoms with van der Waals surface area (Å²) < 4.78 is 0. The average Bonchev–Trinajstić information content (AvgIpc) is 3.41. The Bertz CT molecular complexity index is 699. The molecule has 2 aliphatic heterocycles. The predicted molar refractivity (Wildman–Crippen MR) is 114 cm³/mol. The number of carbonyl (C=O) groups is 5. The van der Waals surface area contributed by atoms with Gasteiger partial charge < -0.3 is 31.7 Å². The second-order valence-corrected chi connectivity index (χ2v) is 8.74. The van der Waals surface area contributed by atoms with Crippen molar-refractivity contribution in [3.8, 4) is 0 Å². The molecule has 0 saturated carbocycles. The molecule has 0 aromatic carbocycles. The van der Waals surface area contributed by atoms with Gasteiger partial charge in [0.15, 0.2) is 0 Å². The Labute approximate surface area is 185 Å². The number of carboxylic acids is 1. The van der Waals surface area contributed by atoms with Crippen molar-refractivity contribution >= 4 is 41.4 Å². The minimum absolute atomic E-state index is 0.262. The van der Waals surface area contributed by atoms with Gasteiger partial charge in [-0.2, -0.15) is 11.8 Å². The lowest BCUT2D eigenvalue weighted by Crippen LogP contribution is -2.57. The molecule has 2 fully saturated rings. The van der Waals surface area contributed by atoms with Crippen molar-refractivity contribution in [2.75, 3.05) is 25.1 Å². The first kappa shape index (κ1) is 24.9. The zero-order chi connectivity index (χ0) is 23.0. The van der Waals surface area contributed by atoms with E-state index in [-0.39, 0.29) is 25.3 Å². The van der Waals surface area contributed by atoms with Gasteiger partial charge in [0.2, 0.25) is 23.6 Å². The maximum atomic E-state index is 13.1. The molecule has 2 rings (SSSR count). The van der Waals surface area contributed by atoms with Crippen LogP contribution in [0.3, 0.4) is 0 Å². The van der Waals surface area contributed by atoms with Gasteiger partial charge in [0, 0.05) is 6.54 Å². The number of likely N-dealkylation sites (tertiary alicyclic amines) is 1. The molecular weight excluding hydrogens is 426 g/mol. The van der Waals surface area contributed by atoms with Crippen LogP contribution in [0.1, 0.15) is 38.5 Å². The highest BCUT2D eigenvalue weighted by molar-refractivity contribution is 7.98. The Kier molecular flexibility index (Phi) is 9.56. The van der Waals surface area contributed by atoms with Gasteiger partial charge in [-0.25, -0.2) is 4.79 Å². The summed E-state index contributed by atoms with van der Waals surface area (Å²) in [4.78, 5) is 62.6. The minimum atomic E-state index is -1.17. The van der Waals surface area contributed by atoms with Crippen LogP contribution in [-0.2, 0) is 24.0 Å². The monoisotopic (exact) mass is 457 g/mol. The van der Waals surface area contributed by atoms with Gasteiger partial charge in [-0.3, -0.25) is 19.2 Å². The zero-order valence-corrected chi connectivity index (χ0v) is 18.4. The van der Waals surface area contributed by atoms with Crippen LogP contribution in [0.2, 0.25) is 0 Å². The fourth-order valence-electron chi connectivity index (χ4n) is 3.85. The third-order valence-corrected chi connectivity index (χ3v) is 6.10. The molecular formula is C19H31N5O6S. The van der Waals surface area contributed by atoms with E-state index in [0.29, 0.717) is 31.6 Å². The molecule has 174 valence electrons. The maximum Gasteiger partial charge on any atom is 0.326 e. The second kappa shape index (κ2) is 11.9. The van der Waals surface area contributed by atoms with E-state index in [1.807, 2.05) is 6.26 Å². The Morgan fingerprint density at radius 3 is 2.42 bits per heavy atom. The van der Waals surface area contributed by atoms with Crippen LogP contribution in [0.25, 0.3) is 0 Å². The summed E-state index contributed by atoms with van der Waals surface area (Å²) in [5.74, 6) is -2.84. The summed E-state index contributed by atoms with van der Waals surface area (Å²) in [5.41, 5.74) is 5.28. The van der Waals surface area contributed by atoms with Crippen LogP contribution in [0.5, 0.6) is 0 Å². The summed E-state index contributed by atoms with van der Waals surface area (Å²) in [6.45, 7) is 0.967. The number of primary amides is 1. The van der Waals surface area contributed by atoms with Crippen molar-refractivity contribution in [2.45, 2.75) is 62.7 Å². The Morgan fingerprint density at radius 2 is 1.84 bits per heavy atom. The van der Waals surface area contributed by atoms with Crippen molar-refractivity contribution < 1.29 is 29.1 Å². The first-order valence-electron chi connectivity index (χ1n) is 10.4. The molecule has 12 heteroatoms. The van der Waals surface area contributed by atoms with Gasteiger partial charge in [0.25, 0.3) is 0 Å². The van der Waals surface area contributed by atoms with E-state index in [2.05, 4.69) is 16.0 Å². The third kappa shape index (κ3) is 7.10. The minimum Gasteiger partial charge on any atom is -0.480 e. The molecule has 6 N–H and O–H groups in total. The predicted octanol–water partition coefficient (Wildman–Crippen LogP) is -1.59. The number of nitrogens with one attached hydrogen (secondary N) is 3. The Hall–Kier alpha value is -2.34. The number of thioether (sulfide) groups is 1. The normalized spacial score (nSPS) is 22.5. The number of amides is 4. The van der Waals surface area contributed by atoms with E-state index < -0.39 is 47.9 Å². The summed E-state index contributed by atoms with van der Waals surface area (Å²) in [6, 6.07) is -3.52. The first-order valence-corrected chi connectivity index (χ1v) is 11.8. The summed E-state index contributed by atoms with van der Waals surface area (Å²) in [7, 11) is 0. The van der Waals surface area contributed by atoms with Gasteiger partial charge in [0.1, 0.15) is 18.1 Å². The van der Waals surface area contributed by atoms with Crippen LogP contribution < -0.4 is 21.7 Å². The molecule has 4 atom stereocenters. The molecule has 0 bridgehead atoms. The zero-order valence-electron chi connectivity index (χ0n) is 17.6. The molecule has 0 aromatic heterocycles. The highest BCUT2D eigenvalue weighted by atomic mass is 32.2. The molecule has 2 saturated heterocycles. The smallest absolute Gasteiger partial charge is 0.326 e. The standard InChI is InChI=1S/C19H31N5O6S/c1-31-9-6-12(19(29)30)22-17(27)14-5-3-8-24(14)18(28)13(10-15(20)25)23-16(26)11-4-2-7-21-11/h11-14,21H,2-10H2,1H3,(H2,20,25)(H,22,27)(H,23,26)(H,29,30). The van der Waals surface area contributed by atoms with Crippen molar-refractivity contribution in [3.05, 3.63) is 0 Å². The van der Waals surface area contributed by atoms with Crippen molar-refractivity contribution in [3.63, 3.8) is 0 Å². The third-order valence-electron chi connectivity index (χ3n) is 5.46. The molecule has 4 amide bonds. The summed E-state index contributed by atoms with van der Waals surface area (Å²) >= 11 is 1.47.